The number of nitrogens with two attached hydrogens (primary N) is 2. The molecular weight excluding hydrogens is 375 g/mol. The molecule has 11 heteroatoms. The van der Waals surface area contributed by atoms with E-state index < -0.39 is 26.3 Å². The largest absolute Gasteiger partial charge is 0.383 e. The Bertz CT molecular complexity index is 869. The molecule has 1 aromatic carbocycles. The van der Waals surface area contributed by atoms with Crippen LogP contribution in [-0.4, -0.2) is 30.4 Å². The number of carbonyl (C=O) groups excluding carboxylic acids is 1. The summed E-state index contributed by atoms with van der Waals surface area (Å²) in [4.78, 5) is 11.5. The summed E-state index contributed by atoms with van der Waals surface area (Å²) in [6, 6.07) is 2.74. The number of hydrogen-bond donors (Lipinski definition) is 2. The Morgan fingerprint density at radius 2 is 1.73 bits per heavy atom. The average molecular weight is 384 g/mol. The molecule has 0 aliphatic heterocycles. The topological polar surface area (TPSA) is 121 Å². The highest BCUT2D eigenvalue weighted by Crippen LogP contribution is 2.35. The number of benzene rings is 1. The Labute approximate surface area is 140 Å². The summed E-state index contributed by atoms with van der Waals surface area (Å²) >= 11 is 17.9. The van der Waals surface area contributed by atoms with Crippen molar-refractivity contribution in [2.75, 3.05) is 12.0 Å². The molecule has 4 N–H and O–H groups in total. The van der Waals surface area contributed by atoms with E-state index in [0.717, 1.165) is 10.9 Å². The molecule has 0 spiro atoms. The number of carbonyl (C=O) groups is 1. The van der Waals surface area contributed by atoms with E-state index >= 15 is 0 Å². The fourth-order valence-corrected chi connectivity index (χ4v) is 3.59. The van der Waals surface area contributed by atoms with E-state index in [1.807, 2.05) is 0 Å². The van der Waals surface area contributed by atoms with Gasteiger partial charge in [-0.1, -0.05) is 34.8 Å². The van der Waals surface area contributed by atoms with Gasteiger partial charge in [-0.15, -0.1) is 0 Å². The van der Waals surface area contributed by atoms with Gasteiger partial charge >= 0.3 is 0 Å². The monoisotopic (exact) mass is 382 g/mol. The molecule has 1 amide bonds. The minimum atomic E-state index is -3.85. The van der Waals surface area contributed by atoms with Crippen molar-refractivity contribution in [2.24, 2.45) is 5.73 Å². The molecule has 0 saturated carbocycles. The SMILES string of the molecule is CS(=O)(=O)c1nn(-c2c(Cl)cc(Cl)cc2Cl)c(N)c1C(N)=O. The van der Waals surface area contributed by atoms with E-state index in [4.69, 9.17) is 46.3 Å². The van der Waals surface area contributed by atoms with Gasteiger partial charge in [-0.25, -0.2) is 13.1 Å². The van der Waals surface area contributed by atoms with Crippen molar-refractivity contribution in [1.82, 2.24) is 9.78 Å². The third-order valence-corrected chi connectivity index (χ3v) is 4.46. The van der Waals surface area contributed by atoms with Gasteiger partial charge < -0.3 is 11.5 Å². The minimum absolute atomic E-state index is 0.0720. The lowest BCUT2D eigenvalue weighted by Gasteiger charge is -2.09. The van der Waals surface area contributed by atoms with Crippen LogP contribution in [0.15, 0.2) is 17.2 Å². The highest BCUT2D eigenvalue weighted by molar-refractivity contribution is 7.90. The highest BCUT2D eigenvalue weighted by Gasteiger charge is 2.28. The molecule has 118 valence electrons. The molecule has 7 nitrogen and oxygen atoms in total. The first-order chi connectivity index (χ1) is 10.0. The van der Waals surface area contributed by atoms with Crippen LogP contribution in [-0.2, 0) is 9.84 Å². The number of anilines is 1. The summed E-state index contributed by atoms with van der Waals surface area (Å²) in [7, 11) is -3.85. The maximum Gasteiger partial charge on any atom is 0.255 e. The van der Waals surface area contributed by atoms with Crippen LogP contribution in [0.1, 0.15) is 10.4 Å². The molecular formula is C11H9Cl3N4O3S. The van der Waals surface area contributed by atoms with Crippen LogP contribution in [0.25, 0.3) is 5.69 Å². The summed E-state index contributed by atoms with van der Waals surface area (Å²) in [6.07, 6.45) is 0.872. The van der Waals surface area contributed by atoms with Gasteiger partial charge in [-0.3, -0.25) is 4.79 Å². The van der Waals surface area contributed by atoms with E-state index in [1.165, 1.54) is 12.1 Å². The Kier molecular flexibility index (Phi) is 4.31. The number of rotatable bonds is 3. The Morgan fingerprint density at radius 1 is 1.23 bits per heavy atom. The Morgan fingerprint density at radius 3 is 2.09 bits per heavy atom. The third-order valence-electron chi connectivity index (χ3n) is 2.68. The molecule has 0 saturated heterocycles. The van der Waals surface area contributed by atoms with Crippen LogP contribution in [0.3, 0.4) is 0 Å². The van der Waals surface area contributed by atoms with E-state index in [-0.39, 0.29) is 26.6 Å². The van der Waals surface area contributed by atoms with Gasteiger partial charge in [0.1, 0.15) is 17.1 Å². The van der Waals surface area contributed by atoms with Crippen molar-refractivity contribution in [1.29, 1.82) is 0 Å². The molecule has 0 atom stereocenters. The van der Waals surface area contributed by atoms with Gasteiger partial charge in [-0.2, -0.15) is 5.10 Å². The lowest BCUT2D eigenvalue weighted by molar-refractivity contribution is 0.0998. The number of aromatic nitrogens is 2. The van der Waals surface area contributed by atoms with Crippen molar-refractivity contribution < 1.29 is 13.2 Å². The van der Waals surface area contributed by atoms with E-state index in [2.05, 4.69) is 5.10 Å². The molecule has 0 aliphatic carbocycles. The fraction of sp³-hybridized carbons (Fsp3) is 0.0909. The smallest absolute Gasteiger partial charge is 0.255 e. The number of nitrogen functional groups attached to an aromatic ring is 1. The second-order valence-electron chi connectivity index (χ2n) is 4.33. The fourth-order valence-electron chi connectivity index (χ4n) is 1.81. The zero-order valence-electron chi connectivity index (χ0n) is 11.0. The van der Waals surface area contributed by atoms with Crippen LogP contribution in [0.2, 0.25) is 15.1 Å². The highest BCUT2D eigenvalue weighted by atomic mass is 35.5. The van der Waals surface area contributed by atoms with Crippen LogP contribution in [0, 0.1) is 0 Å². The summed E-state index contributed by atoms with van der Waals surface area (Å²) in [5, 5.41) is 3.67. The normalized spacial score (nSPS) is 11.6. The summed E-state index contributed by atoms with van der Waals surface area (Å²) in [5.41, 5.74) is 10.6. The minimum Gasteiger partial charge on any atom is -0.383 e. The predicted octanol–water partition coefficient (Wildman–Crippen LogP) is 1.92. The third kappa shape index (κ3) is 2.87. The van der Waals surface area contributed by atoms with Gasteiger partial charge in [0.25, 0.3) is 5.91 Å². The van der Waals surface area contributed by atoms with Crippen molar-refractivity contribution in [3.05, 3.63) is 32.8 Å². The molecule has 0 radical (unpaired) electrons. The predicted molar refractivity (Wildman–Crippen MR) is 84.6 cm³/mol. The van der Waals surface area contributed by atoms with Crippen molar-refractivity contribution in [2.45, 2.75) is 5.03 Å². The molecule has 2 rings (SSSR count). The second kappa shape index (κ2) is 5.62. The Hall–Kier alpha value is -1.48. The molecule has 0 bridgehead atoms. The molecule has 0 unspecified atom stereocenters. The molecule has 1 aromatic heterocycles. The number of hydrogen-bond acceptors (Lipinski definition) is 5. The first-order valence-corrected chi connectivity index (χ1v) is 8.59. The van der Waals surface area contributed by atoms with E-state index in [0.29, 0.717) is 0 Å². The first-order valence-electron chi connectivity index (χ1n) is 5.57. The summed E-state index contributed by atoms with van der Waals surface area (Å²) in [6.45, 7) is 0. The Balaban J connectivity index is 2.88. The van der Waals surface area contributed by atoms with Crippen molar-refractivity contribution in [3.8, 4) is 5.69 Å². The van der Waals surface area contributed by atoms with E-state index in [9.17, 15) is 13.2 Å². The molecule has 0 aliphatic rings. The van der Waals surface area contributed by atoms with Crippen molar-refractivity contribution in [3.63, 3.8) is 0 Å². The lowest BCUT2D eigenvalue weighted by atomic mass is 10.3. The molecule has 22 heavy (non-hydrogen) atoms. The van der Waals surface area contributed by atoms with Crippen LogP contribution in [0.4, 0.5) is 5.82 Å². The summed E-state index contributed by atoms with van der Waals surface area (Å²) < 4.78 is 24.4. The number of amides is 1. The molecule has 2 aromatic rings. The second-order valence-corrected chi connectivity index (χ2v) is 7.51. The number of halogens is 3. The molecule has 1 heterocycles. The zero-order valence-corrected chi connectivity index (χ0v) is 14.1. The number of primary amides is 1. The van der Waals surface area contributed by atoms with Gasteiger partial charge in [0.05, 0.1) is 10.0 Å². The summed E-state index contributed by atoms with van der Waals surface area (Å²) in [5.74, 6) is -1.33. The van der Waals surface area contributed by atoms with Gasteiger partial charge in [0, 0.05) is 11.3 Å². The number of sulfone groups is 1. The maximum absolute atomic E-state index is 11.8. The maximum atomic E-state index is 11.8. The number of nitrogens with zero attached hydrogens (tertiary/aromatic N) is 2. The van der Waals surface area contributed by atoms with Gasteiger partial charge in [0.2, 0.25) is 0 Å². The van der Waals surface area contributed by atoms with Crippen LogP contribution in [0.5, 0.6) is 0 Å². The van der Waals surface area contributed by atoms with Gasteiger partial charge in [0.15, 0.2) is 14.9 Å². The zero-order chi connectivity index (χ0) is 16.8. The standard InChI is InChI=1S/C11H9Cl3N4O3S/c1-22(20,21)11-7(10(16)19)9(15)18(17-11)8-5(13)2-4(12)3-6(8)14/h2-3H,15H2,1H3,(H2,16,19). The van der Waals surface area contributed by atoms with Crippen LogP contribution < -0.4 is 11.5 Å². The van der Waals surface area contributed by atoms with Gasteiger partial charge in [-0.05, 0) is 12.1 Å². The van der Waals surface area contributed by atoms with Crippen molar-refractivity contribution >= 4 is 56.4 Å². The first kappa shape index (κ1) is 16.9. The lowest BCUT2D eigenvalue weighted by Crippen LogP contribution is -2.16. The molecule has 0 fully saturated rings. The van der Waals surface area contributed by atoms with Crippen LogP contribution >= 0.6 is 34.8 Å². The quantitative estimate of drug-likeness (QED) is 0.838. The average Bonchev–Trinajstić information content (AvgIpc) is 2.66. The van der Waals surface area contributed by atoms with E-state index in [1.54, 1.807) is 0 Å².